The molecule has 1 saturated heterocycles. The van der Waals surface area contributed by atoms with Gasteiger partial charge in [0.25, 0.3) is 0 Å². The highest BCUT2D eigenvalue weighted by Gasteiger charge is 2.56. The first-order valence-corrected chi connectivity index (χ1v) is 11.2. The summed E-state index contributed by atoms with van der Waals surface area (Å²) in [7, 11) is 0. The second kappa shape index (κ2) is 7.47. The Hall–Kier alpha value is -2.61. The van der Waals surface area contributed by atoms with Crippen LogP contribution in [0.5, 0.6) is 0 Å². The monoisotopic (exact) mass is 442 g/mol. The van der Waals surface area contributed by atoms with E-state index >= 15 is 0 Å². The van der Waals surface area contributed by atoms with Gasteiger partial charge in [0.05, 0.1) is 17.0 Å². The Balaban J connectivity index is 1.45. The molecule has 2 aliphatic carbocycles. The minimum atomic E-state index is -0.640. The van der Waals surface area contributed by atoms with Gasteiger partial charge in [-0.3, -0.25) is 0 Å². The number of aromatic nitrogens is 2. The quantitative estimate of drug-likeness (QED) is 0.757. The largest absolute Gasteiger partial charge is 0.444 e. The maximum Gasteiger partial charge on any atom is 0.410 e. The van der Waals surface area contributed by atoms with Gasteiger partial charge in [0.2, 0.25) is 0 Å². The smallest absolute Gasteiger partial charge is 0.410 e. The third-order valence-electron chi connectivity index (χ3n) is 7.00. The summed E-state index contributed by atoms with van der Waals surface area (Å²) in [5.41, 5.74) is 1.25. The zero-order valence-corrected chi connectivity index (χ0v) is 18.6. The Morgan fingerprint density at radius 3 is 2.72 bits per heavy atom. The molecular weight excluding hydrogens is 414 g/mol. The van der Waals surface area contributed by atoms with Crippen molar-refractivity contribution in [3.63, 3.8) is 0 Å². The molecule has 170 valence electrons. The highest BCUT2D eigenvalue weighted by Crippen LogP contribution is 2.58. The van der Waals surface area contributed by atoms with Crippen LogP contribution < -0.4 is 5.32 Å². The van der Waals surface area contributed by atoms with Crippen LogP contribution in [0.1, 0.15) is 57.2 Å². The number of benzene rings is 1. The summed E-state index contributed by atoms with van der Waals surface area (Å²) in [4.78, 5) is 14.4. The molecule has 6 nitrogen and oxygen atoms in total. The second-order valence-corrected chi connectivity index (χ2v) is 10.2. The van der Waals surface area contributed by atoms with Gasteiger partial charge in [0.1, 0.15) is 17.2 Å². The first kappa shape index (κ1) is 21.2. The number of ether oxygens (including phenoxy) is 1. The van der Waals surface area contributed by atoms with E-state index in [0.717, 1.165) is 30.5 Å². The van der Waals surface area contributed by atoms with Crippen LogP contribution >= 0.6 is 0 Å². The minimum Gasteiger partial charge on any atom is -0.444 e. The molecule has 0 unspecified atom stereocenters. The van der Waals surface area contributed by atoms with Gasteiger partial charge in [0.15, 0.2) is 0 Å². The van der Waals surface area contributed by atoms with Crippen LogP contribution in [0, 0.1) is 11.6 Å². The predicted molar refractivity (Wildman–Crippen MR) is 115 cm³/mol. The standard InChI is InChI=1S/C24H28F2N4O2/c1-23(2,3)32-22(31)30-10-9-27-19(13-30)24-8-7-14(12-24)15-11-18(28-29-21(15)24)20-16(25)5-4-6-17(20)26/h4-6,11,14,19,27H,7-10,12-13H2,1-3H3/t14-,19+,24+/m1/s1. The molecule has 1 amide bonds. The molecule has 1 saturated carbocycles. The van der Waals surface area contributed by atoms with E-state index in [9.17, 15) is 13.6 Å². The fraction of sp³-hybridized carbons (Fsp3) is 0.542. The average Bonchev–Trinajstić information content (AvgIpc) is 3.31. The SMILES string of the molecule is CC(C)(C)OC(=O)N1CCN[C@H]([C@]23CC[C@H](C2)c2cc(-c4c(F)cccc4F)nnc23)C1. The van der Waals surface area contributed by atoms with E-state index in [2.05, 4.69) is 15.5 Å². The third kappa shape index (κ3) is 3.45. The van der Waals surface area contributed by atoms with Crippen LogP contribution in [-0.4, -0.2) is 52.5 Å². The fourth-order valence-corrected chi connectivity index (χ4v) is 5.62. The molecule has 1 N–H and O–H groups in total. The highest BCUT2D eigenvalue weighted by molar-refractivity contribution is 5.68. The first-order valence-electron chi connectivity index (χ1n) is 11.2. The van der Waals surface area contributed by atoms with E-state index in [0.29, 0.717) is 19.6 Å². The van der Waals surface area contributed by atoms with Gasteiger partial charge in [-0.15, -0.1) is 0 Å². The Bertz CT molecular complexity index is 1050. The van der Waals surface area contributed by atoms with Gasteiger partial charge in [-0.05, 0) is 69.7 Å². The van der Waals surface area contributed by atoms with Gasteiger partial charge in [-0.1, -0.05) is 6.07 Å². The van der Waals surface area contributed by atoms with Gasteiger partial charge < -0.3 is 15.0 Å². The summed E-state index contributed by atoms with van der Waals surface area (Å²) >= 11 is 0. The van der Waals surface area contributed by atoms with E-state index < -0.39 is 17.2 Å². The number of halogens is 2. The van der Waals surface area contributed by atoms with Crippen LogP contribution in [0.3, 0.4) is 0 Å². The lowest BCUT2D eigenvalue weighted by molar-refractivity contribution is 0.0160. The van der Waals surface area contributed by atoms with Crippen molar-refractivity contribution >= 4 is 6.09 Å². The minimum absolute atomic E-state index is 0.0281. The van der Waals surface area contributed by atoms with Crippen molar-refractivity contribution < 1.29 is 18.3 Å². The first-order chi connectivity index (χ1) is 15.2. The molecule has 2 aromatic rings. The molecule has 0 radical (unpaired) electrons. The number of piperazine rings is 1. The number of nitrogens with one attached hydrogen (secondary N) is 1. The number of carbonyl (C=O) groups excluding carboxylic acids is 1. The van der Waals surface area contributed by atoms with Crippen LogP contribution in [0.25, 0.3) is 11.3 Å². The molecule has 0 spiro atoms. The topological polar surface area (TPSA) is 67.3 Å². The molecule has 2 bridgehead atoms. The lowest BCUT2D eigenvalue weighted by atomic mass is 9.75. The molecular formula is C24H28F2N4O2. The van der Waals surface area contributed by atoms with Crippen LogP contribution in [0.2, 0.25) is 0 Å². The van der Waals surface area contributed by atoms with Gasteiger partial charge in [0, 0.05) is 31.1 Å². The van der Waals surface area contributed by atoms with E-state index in [1.54, 1.807) is 4.90 Å². The number of fused-ring (bicyclic) bond motifs is 5. The summed E-state index contributed by atoms with van der Waals surface area (Å²) in [5, 5.41) is 12.4. The fourth-order valence-electron chi connectivity index (χ4n) is 5.62. The summed E-state index contributed by atoms with van der Waals surface area (Å²) in [6.45, 7) is 7.40. The van der Waals surface area contributed by atoms with E-state index in [1.807, 2.05) is 26.8 Å². The number of nitrogens with zero attached hydrogens (tertiary/aromatic N) is 3. The van der Waals surface area contributed by atoms with Crippen molar-refractivity contribution in [1.29, 1.82) is 0 Å². The molecule has 1 aromatic heterocycles. The molecule has 32 heavy (non-hydrogen) atoms. The summed E-state index contributed by atoms with van der Waals surface area (Å²) in [6.07, 6.45) is 2.54. The Kier molecular flexibility index (Phi) is 4.96. The van der Waals surface area contributed by atoms with Crippen molar-refractivity contribution in [3.8, 4) is 11.3 Å². The van der Waals surface area contributed by atoms with Gasteiger partial charge >= 0.3 is 6.09 Å². The lowest BCUT2D eigenvalue weighted by Crippen LogP contribution is -2.60. The number of carbonyl (C=O) groups is 1. The summed E-state index contributed by atoms with van der Waals surface area (Å²) < 4.78 is 34.2. The maximum absolute atomic E-state index is 14.3. The van der Waals surface area contributed by atoms with Crippen LogP contribution in [0.15, 0.2) is 24.3 Å². The van der Waals surface area contributed by atoms with Crippen LogP contribution in [0.4, 0.5) is 13.6 Å². The molecule has 5 rings (SSSR count). The molecule has 2 fully saturated rings. The number of amides is 1. The van der Waals surface area contributed by atoms with E-state index in [4.69, 9.17) is 4.74 Å². The van der Waals surface area contributed by atoms with Crippen molar-refractivity contribution in [3.05, 3.63) is 47.2 Å². The zero-order chi connectivity index (χ0) is 22.7. The molecule has 3 aliphatic rings. The number of hydrogen-bond acceptors (Lipinski definition) is 5. The van der Waals surface area contributed by atoms with Crippen molar-refractivity contribution in [2.45, 2.75) is 63.0 Å². The summed E-state index contributed by atoms with van der Waals surface area (Å²) in [6, 6.07) is 5.65. The van der Waals surface area contributed by atoms with Crippen molar-refractivity contribution in [2.24, 2.45) is 0 Å². The van der Waals surface area contributed by atoms with Gasteiger partial charge in [-0.2, -0.15) is 10.2 Å². The summed E-state index contributed by atoms with van der Waals surface area (Å²) in [5.74, 6) is -0.995. The van der Waals surface area contributed by atoms with Crippen molar-refractivity contribution in [2.75, 3.05) is 19.6 Å². The van der Waals surface area contributed by atoms with E-state index in [1.165, 1.54) is 18.2 Å². The number of hydrogen-bond donors (Lipinski definition) is 1. The van der Waals surface area contributed by atoms with Crippen molar-refractivity contribution in [1.82, 2.24) is 20.4 Å². The normalized spacial score (nSPS) is 26.8. The van der Waals surface area contributed by atoms with E-state index in [-0.39, 0.29) is 34.7 Å². The Labute approximate surface area is 186 Å². The second-order valence-electron chi connectivity index (χ2n) is 10.2. The number of rotatable bonds is 2. The Morgan fingerprint density at radius 1 is 1.25 bits per heavy atom. The Morgan fingerprint density at radius 2 is 2.00 bits per heavy atom. The molecule has 2 heterocycles. The van der Waals surface area contributed by atoms with Gasteiger partial charge in [-0.25, -0.2) is 13.6 Å². The zero-order valence-electron chi connectivity index (χ0n) is 18.6. The highest BCUT2D eigenvalue weighted by atomic mass is 19.1. The van der Waals surface area contributed by atoms with Crippen LogP contribution in [-0.2, 0) is 10.2 Å². The molecule has 8 heteroatoms. The third-order valence-corrected chi connectivity index (χ3v) is 7.00. The molecule has 1 aromatic carbocycles. The maximum atomic E-state index is 14.3. The average molecular weight is 443 g/mol. The lowest BCUT2D eigenvalue weighted by Gasteiger charge is -2.43. The molecule has 1 aliphatic heterocycles. The molecule has 3 atom stereocenters. The predicted octanol–water partition coefficient (Wildman–Crippen LogP) is 4.15.